The molecule has 1 amide bonds. The van der Waals surface area contributed by atoms with Gasteiger partial charge in [-0.2, -0.15) is 0 Å². The number of pyridine rings is 1. The number of nitrogens with zero attached hydrogens (tertiary/aromatic N) is 3. The third-order valence-electron chi connectivity index (χ3n) is 1.35. The summed E-state index contributed by atoms with van der Waals surface area (Å²) in [6.45, 7) is 0. The molecule has 0 atom stereocenters. The largest absolute Gasteiger partial charge is 0.363 e. The zero-order valence-electron chi connectivity index (χ0n) is 7.95. The zero-order valence-corrected chi connectivity index (χ0v) is 7.95. The van der Waals surface area contributed by atoms with E-state index >= 15 is 0 Å². The van der Waals surface area contributed by atoms with Crippen molar-refractivity contribution in [1.82, 2.24) is 15.0 Å². The maximum absolute atomic E-state index is 10.3. The lowest BCUT2D eigenvalue weighted by Gasteiger charge is -1.87. The molecule has 0 aromatic carbocycles. The third-order valence-corrected chi connectivity index (χ3v) is 1.35. The SMILES string of the molecule is NC(=O)c1ncccn1.c1ccncc1. The molecule has 2 aromatic heterocycles. The minimum absolute atomic E-state index is 0.0532. The highest BCUT2D eigenvalue weighted by molar-refractivity contribution is 5.88. The average molecular weight is 202 g/mol. The second-order valence-electron chi connectivity index (χ2n) is 2.46. The number of hydrogen-bond acceptors (Lipinski definition) is 4. The van der Waals surface area contributed by atoms with E-state index < -0.39 is 5.91 Å². The minimum atomic E-state index is -0.601. The van der Waals surface area contributed by atoms with Crippen LogP contribution in [-0.2, 0) is 0 Å². The maximum atomic E-state index is 10.3. The topological polar surface area (TPSA) is 81.8 Å². The lowest BCUT2D eigenvalue weighted by molar-refractivity contribution is 0.0990. The summed E-state index contributed by atoms with van der Waals surface area (Å²) in [6.07, 6.45) is 6.43. The number of carbonyl (C=O) groups is 1. The second kappa shape index (κ2) is 6.20. The van der Waals surface area contributed by atoms with Crippen LogP contribution in [0.2, 0.25) is 0 Å². The Morgan fingerprint density at radius 1 is 0.933 bits per heavy atom. The molecule has 0 radical (unpaired) electrons. The van der Waals surface area contributed by atoms with Crippen molar-refractivity contribution in [3.05, 3.63) is 54.9 Å². The summed E-state index contributed by atoms with van der Waals surface area (Å²) in [5, 5.41) is 0. The summed E-state index contributed by atoms with van der Waals surface area (Å²) in [5.41, 5.74) is 4.85. The lowest BCUT2D eigenvalue weighted by Crippen LogP contribution is -2.14. The first-order valence-electron chi connectivity index (χ1n) is 4.22. The van der Waals surface area contributed by atoms with Crippen molar-refractivity contribution >= 4 is 5.91 Å². The lowest BCUT2D eigenvalue weighted by atomic mass is 10.5. The number of hydrogen-bond donors (Lipinski definition) is 1. The quantitative estimate of drug-likeness (QED) is 0.736. The van der Waals surface area contributed by atoms with Crippen LogP contribution in [0.3, 0.4) is 0 Å². The van der Waals surface area contributed by atoms with E-state index in [-0.39, 0.29) is 5.82 Å². The molecule has 15 heavy (non-hydrogen) atoms. The van der Waals surface area contributed by atoms with E-state index in [1.807, 2.05) is 18.2 Å². The van der Waals surface area contributed by atoms with Crippen LogP contribution in [0.25, 0.3) is 0 Å². The molecule has 0 aliphatic rings. The van der Waals surface area contributed by atoms with E-state index in [0.717, 1.165) is 0 Å². The Bertz CT molecular complexity index is 364. The Kier molecular flexibility index (Phi) is 4.45. The Morgan fingerprint density at radius 2 is 1.53 bits per heavy atom. The minimum Gasteiger partial charge on any atom is -0.363 e. The van der Waals surface area contributed by atoms with Gasteiger partial charge in [-0.15, -0.1) is 0 Å². The fourth-order valence-corrected chi connectivity index (χ4v) is 0.739. The van der Waals surface area contributed by atoms with Gasteiger partial charge in [0.25, 0.3) is 5.91 Å². The number of amides is 1. The van der Waals surface area contributed by atoms with Gasteiger partial charge < -0.3 is 5.73 Å². The predicted molar refractivity (Wildman–Crippen MR) is 54.8 cm³/mol. The summed E-state index contributed by atoms with van der Waals surface area (Å²) in [5.74, 6) is -0.548. The Hall–Kier alpha value is -2.30. The van der Waals surface area contributed by atoms with Crippen molar-refractivity contribution in [3.63, 3.8) is 0 Å². The fourth-order valence-electron chi connectivity index (χ4n) is 0.739. The van der Waals surface area contributed by atoms with Crippen LogP contribution >= 0.6 is 0 Å². The molecule has 0 saturated carbocycles. The highest BCUT2D eigenvalue weighted by atomic mass is 16.1. The molecule has 5 heteroatoms. The van der Waals surface area contributed by atoms with Crippen molar-refractivity contribution in [2.24, 2.45) is 5.73 Å². The maximum Gasteiger partial charge on any atom is 0.286 e. The van der Waals surface area contributed by atoms with Gasteiger partial charge in [0.1, 0.15) is 0 Å². The van der Waals surface area contributed by atoms with Gasteiger partial charge in [-0.1, -0.05) is 6.07 Å². The Balaban J connectivity index is 0.000000162. The van der Waals surface area contributed by atoms with Crippen LogP contribution in [0.4, 0.5) is 0 Å². The second-order valence-corrected chi connectivity index (χ2v) is 2.46. The molecular formula is C10H10N4O. The Morgan fingerprint density at radius 3 is 1.80 bits per heavy atom. The normalized spacial score (nSPS) is 8.53. The summed E-state index contributed by atoms with van der Waals surface area (Å²) >= 11 is 0. The van der Waals surface area contributed by atoms with Gasteiger partial charge >= 0.3 is 0 Å². The van der Waals surface area contributed by atoms with E-state index in [1.165, 1.54) is 12.4 Å². The van der Waals surface area contributed by atoms with Gasteiger partial charge in [0, 0.05) is 24.8 Å². The molecule has 0 aliphatic heterocycles. The van der Waals surface area contributed by atoms with Crippen molar-refractivity contribution in [2.45, 2.75) is 0 Å². The van der Waals surface area contributed by atoms with Gasteiger partial charge in [-0.25, -0.2) is 9.97 Å². The van der Waals surface area contributed by atoms with Crippen LogP contribution in [0, 0.1) is 0 Å². The van der Waals surface area contributed by atoms with Crippen LogP contribution in [0.15, 0.2) is 49.1 Å². The van der Waals surface area contributed by atoms with Crippen LogP contribution < -0.4 is 5.73 Å². The van der Waals surface area contributed by atoms with Gasteiger partial charge in [0.15, 0.2) is 0 Å². The van der Waals surface area contributed by atoms with E-state index in [1.54, 1.807) is 18.5 Å². The van der Waals surface area contributed by atoms with Gasteiger partial charge in [0.05, 0.1) is 0 Å². The molecule has 76 valence electrons. The van der Waals surface area contributed by atoms with Gasteiger partial charge in [0.2, 0.25) is 5.82 Å². The number of aromatic nitrogens is 3. The molecule has 0 spiro atoms. The smallest absolute Gasteiger partial charge is 0.286 e. The molecule has 5 nitrogen and oxygen atoms in total. The number of carbonyl (C=O) groups excluding carboxylic acids is 1. The van der Waals surface area contributed by atoms with E-state index in [9.17, 15) is 4.79 Å². The third kappa shape index (κ3) is 4.47. The first kappa shape index (κ1) is 10.8. The molecular weight excluding hydrogens is 192 g/mol. The van der Waals surface area contributed by atoms with Crippen LogP contribution in [0.5, 0.6) is 0 Å². The highest BCUT2D eigenvalue weighted by Crippen LogP contribution is 1.82. The van der Waals surface area contributed by atoms with E-state index in [0.29, 0.717) is 0 Å². The van der Waals surface area contributed by atoms with E-state index in [4.69, 9.17) is 5.73 Å². The van der Waals surface area contributed by atoms with Crippen molar-refractivity contribution < 1.29 is 4.79 Å². The zero-order chi connectivity index (χ0) is 10.9. The van der Waals surface area contributed by atoms with Gasteiger partial charge in [-0.3, -0.25) is 9.78 Å². The van der Waals surface area contributed by atoms with Crippen molar-refractivity contribution in [3.8, 4) is 0 Å². The highest BCUT2D eigenvalue weighted by Gasteiger charge is 1.98. The Labute approximate surface area is 87.0 Å². The van der Waals surface area contributed by atoms with Crippen molar-refractivity contribution in [2.75, 3.05) is 0 Å². The number of rotatable bonds is 1. The average Bonchev–Trinajstić information content (AvgIpc) is 2.33. The molecule has 2 N–H and O–H groups in total. The standard InChI is InChI=1S/C5H5N3O.C5H5N/c6-4(9)5-7-2-1-3-8-5;1-2-4-6-5-3-1/h1-3H,(H2,6,9);1-5H. The van der Waals surface area contributed by atoms with Gasteiger partial charge in [-0.05, 0) is 18.2 Å². The first-order chi connectivity index (χ1) is 7.30. The molecule has 0 fully saturated rings. The molecule has 0 aliphatic carbocycles. The molecule has 2 heterocycles. The molecule has 2 rings (SSSR count). The fraction of sp³-hybridized carbons (Fsp3) is 0. The molecule has 0 unspecified atom stereocenters. The predicted octanol–water partition coefficient (Wildman–Crippen LogP) is 0.657. The van der Waals surface area contributed by atoms with Crippen molar-refractivity contribution in [1.29, 1.82) is 0 Å². The van der Waals surface area contributed by atoms with Crippen LogP contribution in [-0.4, -0.2) is 20.9 Å². The summed E-state index contributed by atoms with van der Waals surface area (Å²) in [6, 6.07) is 7.33. The summed E-state index contributed by atoms with van der Waals surface area (Å²) in [4.78, 5) is 21.3. The number of primary amides is 1. The first-order valence-corrected chi connectivity index (χ1v) is 4.22. The molecule has 2 aromatic rings. The summed E-state index contributed by atoms with van der Waals surface area (Å²) in [7, 11) is 0. The van der Waals surface area contributed by atoms with Crippen LogP contribution in [0.1, 0.15) is 10.6 Å². The monoisotopic (exact) mass is 202 g/mol. The van der Waals surface area contributed by atoms with E-state index in [2.05, 4.69) is 15.0 Å². The number of nitrogens with two attached hydrogens (primary N) is 1. The summed E-state index contributed by atoms with van der Waals surface area (Å²) < 4.78 is 0. The molecule has 0 saturated heterocycles. The molecule has 0 bridgehead atoms.